The third kappa shape index (κ3) is 5.38. The van der Waals surface area contributed by atoms with Crippen LogP contribution in [0.1, 0.15) is 22.4 Å². The summed E-state index contributed by atoms with van der Waals surface area (Å²) < 4.78 is 13.1. The molecule has 0 spiro atoms. The van der Waals surface area contributed by atoms with Gasteiger partial charge in [-0.1, -0.05) is 41.6 Å². The summed E-state index contributed by atoms with van der Waals surface area (Å²) >= 11 is 7.29. The molecule has 1 amide bonds. The highest BCUT2D eigenvalue weighted by molar-refractivity contribution is 7.99. The van der Waals surface area contributed by atoms with Gasteiger partial charge in [-0.2, -0.15) is 0 Å². The van der Waals surface area contributed by atoms with E-state index < -0.39 is 0 Å². The Morgan fingerprint density at radius 2 is 2.06 bits per heavy atom. The molecule has 9 heteroatoms. The van der Waals surface area contributed by atoms with E-state index in [1.807, 2.05) is 6.92 Å². The van der Waals surface area contributed by atoms with E-state index in [9.17, 15) is 14.0 Å². The van der Waals surface area contributed by atoms with Gasteiger partial charge in [0, 0.05) is 22.7 Å². The highest BCUT2D eigenvalue weighted by Crippen LogP contribution is 2.23. The van der Waals surface area contributed by atoms with Gasteiger partial charge in [-0.25, -0.2) is 9.37 Å². The largest absolute Gasteiger partial charge is 0.327 e. The van der Waals surface area contributed by atoms with Gasteiger partial charge in [0.25, 0.3) is 5.56 Å². The summed E-state index contributed by atoms with van der Waals surface area (Å²) in [7, 11) is 0. The molecule has 3 N–H and O–H groups in total. The quantitative estimate of drug-likeness (QED) is 0.380. The first-order chi connectivity index (χ1) is 15.4. The summed E-state index contributed by atoms with van der Waals surface area (Å²) in [6, 6.07) is 11.8. The van der Waals surface area contributed by atoms with Crippen molar-refractivity contribution in [3.8, 4) is 0 Å². The summed E-state index contributed by atoms with van der Waals surface area (Å²) in [6.45, 7) is 3.96. The lowest BCUT2D eigenvalue weighted by molar-refractivity contribution is -0.929. The predicted octanol–water partition coefficient (Wildman–Crippen LogP) is 2.74. The molecule has 3 aromatic rings. The minimum absolute atomic E-state index is 0.121. The fourth-order valence-corrected chi connectivity index (χ4v) is 4.57. The Labute approximate surface area is 194 Å². The van der Waals surface area contributed by atoms with Crippen LogP contribution < -0.4 is 15.8 Å². The normalized spacial score (nSPS) is 15.3. The summed E-state index contributed by atoms with van der Waals surface area (Å²) in [5, 5.41) is 3.87. The van der Waals surface area contributed by atoms with Gasteiger partial charge < -0.3 is 15.2 Å². The van der Waals surface area contributed by atoms with Gasteiger partial charge >= 0.3 is 0 Å². The van der Waals surface area contributed by atoms with Gasteiger partial charge in [0.1, 0.15) is 18.9 Å². The Hall–Kier alpha value is -2.68. The van der Waals surface area contributed by atoms with Crippen LogP contribution in [0.3, 0.4) is 0 Å². The Morgan fingerprint density at radius 3 is 2.84 bits per heavy atom. The smallest absolute Gasteiger partial charge is 0.260 e. The molecule has 0 radical (unpaired) electrons. The van der Waals surface area contributed by atoms with Crippen molar-refractivity contribution in [2.45, 2.75) is 31.6 Å². The third-order valence-corrected chi connectivity index (χ3v) is 6.75. The van der Waals surface area contributed by atoms with Gasteiger partial charge in [0.05, 0.1) is 23.6 Å². The molecule has 1 atom stereocenters. The van der Waals surface area contributed by atoms with Crippen molar-refractivity contribution in [1.82, 2.24) is 9.97 Å². The monoisotopic (exact) mass is 473 g/mol. The topological polar surface area (TPSA) is 79.3 Å². The summed E-state index contributed by atoms with van der Waals surface area (Å²) in [5.41, 5.74) is 3.80. The Bertz CT molecular complexity index is 1200. The first-order valence-corrected chi connectivity index (χ1v) is 11.6. The number of amides is 1. The number of fused-ring (bicyclic) bond motifs is 1. The Balaban J connectivity index is 1.37. The van der Waals surface area contributed by atoms with Crippen LogP contribution in [-0.2, 0) is 24.3 Å². The predicted molar refractivity (Wildman–Crippen MR) is 124 cm³/mol. The second-order valence-corrected chi connectivity index (χ2v) is 9.15. The number of H-pyrrole nitrogens is 1. The van der Waals surface area contributed by atoms with E-state index in [2.05, 4.69) is 15.3 Å². The van der Waals surface area contributed by atoms with Crippen molar-refractivity contribution in [3.05, 3.63) is 86.0 Å². The van der Waals surface area contributed by atoms with E-state index in [0.29, 0.717) is 34.4 Å². The molecule has 1 aromatic heterocycles. The number of aromatic nitrogens is 2. The highest BCUT2D eigenvalue weighted by atomic mass is 35.5. The molecule has 2 aromatic carbocycles. The van der Waals surface area contributed by atoms with Crippen molar-refractivity contribution in [1.29, 1.82) is 0 Å². The maximum absolute atomic E-state index is 13.1. The van der Waals surface area contributed by atoms with Gasteiger partial charge in [-0.3, -0.25) is 9.59 Å². The number of halogens is 2. The highest BCUT2D eigenvalue weighted by Gasteiger charge is 2.24. The van der Waals surface area contributed by atoms with E-state index in [0.717, 1.165) is 29.9 Å². The first-order valence-electron chi connectivity index (χ1n) is 10.3. The van der Waals surface area contributed by atoms with E-state index in [1.54, 1.807) is 30.3 Å². The minimum atomic E-state index is -0.255. The van der Waals surface area contributed by atoms with Gasteiger partial charge in [-0.15, -0.1) is 0 Å². The number of nitrogens with one attached hydrogen (secondary N) is 3. The maximum Gasteiger partial charge on any atom is 0.260 e. The number of carbonyl (C=O) groups is 1. The number of aromatic amines is 1. The zero-order valence-electron chi connectivity index (χ0n) is 17.5. The molecule has 4 rings (SSSR count). The lowest BCUT2D eigenvalue weighted by atomic mass is 10.1. The maximum atomic E-state index is 13.1. The SMILES string of the molecule is Cc1c(Cl)cccc1NC(=O)CSc1nc2c(c(=O)[nH]1)C[NH+](Cc1ccc(F)cc1)CC2. The zero-order chi connectivity index (χ0) is 22.7. The van der Waals surface area contributed by atoms with Crippen molar-refractivity contribution in [2.75, 3.05) is 17.6 Å². The molecule has 2 heterocycles. The number of thioether (sulfide) groups is 1. The molecule has 0 aliphatic carbocycles. The number of anilines is 1. The van der Waals surface area contributed by atoms with E-state index >= 15 is 0 Å². The molecular formula is C23H23ClFN4O2S+. The number of quaternary nitrogens is 1. The van der Waals surface area contributed by atoms with Crippen LogP contribution in [0.5, 0.6) is 0 Å². The number of nitrogens with zero attached hydrogens (tertiary/aromatic N) is 1. The third-order valence-electron chi connectivity index (χ3n) is 5.47. The molecular weight excluding hydrogens is 451 g/mol. The fraction of sp³-hybridized carbons (Fsp3) is 0.261. The van der Waals surface area contributed by atoms with Gasteiger partial charge in [0.15, 0.2) is 5.16 Å². The molecule has 1 aliphatic rings. The van der Waals surface area contributed by atoms with Crippen LogP contribution in [0.15, 0.2) is 52.4 Å². The fourth-order valence-electron chi connectivity index (χ4n) is 3.72. The molecule has 1 aliphatic heterocycles. The zero-order valence-corrected chi connectivity index (χ0v) is 19.1. The molecule has 166 valence electrons. The summed E-state index contributed by atoms with van der Waals surface area (Å²) in [6.07, 6.45) is 0.678. The van der Waals surface area contributed by atoms with Crippen molar-refractivity contribution in [2.24, 2.45) is 0 Å². The molecule has 1 unspecified atom stereocenters. The molecule has 32 heavy (non-hydrogen) atoms. The van der Waals surface area contributed by atoms with Crippen LogP contribution in [0.25, 0.3) is 0 Å². The molecule has 0 saturated heterocycles. The van der Waals surface area contributed by atoms with Crippen LogP contribution in [0.4, 0.5) is 10.1 Å². The molecule has 6 nitrogen and oxygen atoms in total. The summed E-state index contributed by atoms with van der Waals surface area (Å²) in [4.78, 5) is 33.6. The number of rotatable bonds is 6. The number of carbonyl (C=O) groups excluding carboxylic acids is 1. The van der Waals surface area contributed by atoms with Crippen molar-refractivity contribution in [3.63, 3.8) is 0 Å². The number of hydrogen-bond acceptors (Lipinski definition) is 4. The number of benzene rings is 2. The number of hydrogen-bond donors (Lipinski definition) is 3. The van der Waals surface area contributed by atoms with Crippen molar-refractivity contribution < 1.29 is 14.1 Å². The minimum Gasteiger partial charge on any atom is -0.327 e. The Kier molecular flexibility index (Phi) is 6.93. The second kappa shape index (κ2) is 9.85. The lowest BCUT2D eigenvalue weighted by Crippen LogP contribution is -3.10. The first kappa shape index (κ1) is 22.5. The van der Waals surface area contributed by atoms with Gasteiger partial charge in [0.2, 0.25) is 5.91 Å². The second-order valence-electron chi connectivity index (χ2n) is 7.78. The lowest BCUT2D eigenvalue weighted by Gasteiger charge is -2.25. The van der Waals surface area contributed by atoms with E-state index in [1.165, 1.54) is 28.8 Å². The molecule has 0 fully saturated rings. The standard InChI is InChI=1S/C23H22ClFN4O2S/c1-14-18(24)3-2-4-19(14)26-21(30)13-32-23-27-20-9-10-29(12-17(20)22(31)28-23)11-15-5-7-16(25)8-6-15/h2-8H,9-13H2,1H3,(H,26,30)(H,27,28,31)/p+1. The van der Waals surface area contributed by atoms with Crippen LogP contribution >= 0.6 is 23.4 Å². The van der Waals surface area contributed by atoms with Crippen molar-refractivity contribution >= 4 is 35.0 Å². The summed E-state index contributed by atoms with van der Waals surface area (Å²) in [5.74, 6) is -0.333. The van der Waals surface area contributed by atoms with E-state index in [-0.39, 0.29) is 23.0 Å². The van der Waals surface area contributed by atoms with Crippen LogP contribution in [0.2, 0.25) is 5.02 Å². The average molecular weight is 474 g/mol. The van der Waals surface area contributed by atoms with Gasteiger partial charge in [-0.05, 0) is 36.8 Å². The molecule has 0 saturated carbocycles. The van der Waals surface area contributed by atoms with Crippen LogP contribution in [0, 0.1) is 12.7 Å². The molecule has 0 bridgehead atoms. The average Bonchev–Trinajstić information content (AvgIpc) is 2.77. The Morgan fingerprint density at radius 1 is 1.28 bits per heavy atom. The van der Waals surface area contributed by atoms with Crippen LogP contribution in [-0.4, -0.2) is 28.2 Å². The van der Waals surface area contributed by atoms with E-state index in [4.69, 9.17) is 11.6 Å².